The number of aldehydes is 2. The van der Waals surface area contributed by atoms with Crippen LogP contribution in [-0.2, 0) is 5.41 Å². The highest BCUT2D eigenvalue weighted by Crippen LogP contribution is 2.25. The Balaban J connectivity index is 3.36. The molecule has 0 saturated carbocycles. The largest absolute Gasteiger partial charge is 0.298 e. The highest BCUT2D eigenvalue weighted by molar-refractivity contribution is 5.82. The second kappa shape index (κ2) is 3.74. The fourth-order valence-electron chi connectivity index (χ4n) is 1.40. The molecule has 1 rings (SSSR count). The Morgan fingerprint density at radius 2 is 1.71 bits per heavy atom. The lowest BCUT2D eigenvalue weighted by Gasteiger charge is -2.21. The molecule has 0 fully saturated rings. The van der Waals surface area contributed by atoms with Gasteiger partial charge < -0.3 is 0 Å². The summed E-state index contributed by atoms with van der Waals surface area (Å²) in [4.78, 5) is 21.4. The lowest BCUT2D eigenvalue weighted by atomic mass is 9.83. The van der Waals surface area contributed by atoms with Crippen molar-refractivity contribution in [2.24, 2.45) is 0 Å². The summed E-state index contributed by atoms with van der Waals surface area (Å²) in [5.74, 6) is 0. The van der Waals surface area contributed by atoms with Crippen molar-refractivity contribution < 1.29 is 9.59 Å². The van der Waals surface area contributed by atoms with Crippen molar-refractivity contribution in [1.29, 1.82) is 0 Å². The topological polar surface area (TPSA) is 34.1 Å². The van der Waals surface area contributed by atoms with Crippen molar-refractivity contribution in [2.75, 3.05) is 0 Å². The van der Waals surface area contributed by atoms with Crippen LogP contribution in [0.3, 0.4) is 0 Å². The Hall–Kier alpha value is -1.44. The average Bonchev–Trinajstić information content (AvgIpc) is 2.15. The van der Waals surface area contributed by atoms with Gasteiger partial charge in [0.1, 0.15) is 12.6 Å². The van der Waals surface area contributed by atoms with Gasteiger partial charge in [0, 0.05) is 11.1 Å². The van der Waals surface area contributed by atoms with Gasteiger partial charge in [0.25, 0.3) is 0 Å². The summed E-state index contributed by atoms with van der Waals surface area (Å²) in [6.07, 6.45) is 1.62. The van der Waals surface area contributed by atoms with E-state index in [1.165, 1.54) is 0 Å². The van der Waals surface area contributed by atoms with Gasteiger partial charge in [0.15, 0.2) is 0 Å². The molecular weight excluding hydrogens is 176 g/mol. The molecular formula is C12H14O2. The molecule has 2 heteroatoms. The van der Waals surface area contributed by atoms with Crippen LogP contribution in [0.1, 0.15) is 47.1 Å². The number of hydrogen-bond acceptors (Lipinski definition) is 2. The highest BCUT2D eigenvalue weighted by Gasteiger charge is 2.17. The van der Waals surface area contributed by atoms with E-state index in [-0.39, 0.29) is 5.41 Å². The molecule has 1 aromatic rings. The van der Waals surface area contributed by atoms with Crippen LogP contribution in [0, 0.1) is 0 Å². The lowest BCUT2D eigenvalue weighted by Crippen LogP contribution is -2.14. The predicted molar refractivity (Wildman–Crippen MR) is 55.9 cm³/mol. The Bertz CT molecular complexity index is 359. The van der Waals surface area contributed by atoms with Gasteiger partial charge in [-0.05, 0) is 17.0 Å². The zero-order chi connectivity index (χ0) is 10.8. The first-order chi connectivity index (χ1) is 6.49. The van der Waals surface area contributed by atoms with Crippen LogP contribution < -0.4 is 0 Å². The molecule has 0 aliphatic rings. The van der Waals surface area contributed by atoms with E-state index in [1.54, 1.807) is 18.2 Å². The van der Waals surface area contributed by atoms with Crippen molar-refractivity contribution in [2.45, 2.75) is 26.2 Å². The van der Waals surface area contributed by atoms with Gasteiger partial charge in [-0.1, -0.05) is 32.9 Å². The van der Waals surface area contributed by atoms with Gasteiger partial charge in [-0.25, -0.2) is 0 Å². The molecule has 74 valence electrons. The third-order valence-corrected chi connectivity index (χ3v) is 2.15. The first-order valence-corrected chi connectivity index (χ1v) is 4.54. The van der Waals surface area contributed by atoms with Crippen LogP contribution in [0.2, 0.25) is 0 Å². The minimum absolute atomic E-state index is 0.116. The SMILES string of the molecule is CC(C)(C)c1cc(C=O)ccc1C=O. The van der Waals surface area contributed by atoms with Gasteiger partial charge >= 0.3 is 0 Å². The van der Waals surface area contributed by atoms with E-state index in [9.17, 15) is 9.59 Å². The first kappa shape index (κ1) is 10.6. The fourth-order valence-corrected chi connectivity index (χ4v) is 1.40. The molecule has 0 radical (unpaired) electrons. The summed E-state index contributed by atoms with van der Waals surface area (Å²) in [6, 6.07) is 5.13. The molecule has 0 aromatic heterocycles. The zero-order valence-electron chi connectivity index (χ0n) is 8.70. The van der Waals surface area contributed by atoms with E-state index in [0.717, 1.165) is 18.1 Å². The van der Waals surface area contributed by atoms with Crippen LogP contribution >= 0.6 is 0 Å². The summed E-state index contributed by atoms with van der Waals surface area (Å²) in [6.45, 7) is 6.05. The Kier molecular flexibility index (Phi) is 2.84. The molecule has 0 heterocycles. The Morgan fingerprint density at radius 1 is 1.07 bits per heavy atom. The summed E-state index contributed by atoms with van der Waals surface area (Å²) < 4.78 is 0. The zero-order valence-corrected chi connectivity index (χ0v) is 8.70. The molecule has 0 amide bonds. The van der Waals surface area contributed by atoms with Crippen LogP contribution in [0.15, 0.2) is 18.2 Å². The third kappa shape index (κ3) is 2.08. The van der Waals surface area contributed by atoms with Crippen molar-refractivity contribution in [3.8, 4) is 0 Å². The van der Waals surface area contributed by atoms with E-state index in [4.69, 9.17) is 0 Å². The molecule has 2 nitrogen and oxygen atoms in total. The van der Waals surface area contributed by atoms with E-state index in [1.807, 2.05) is 20.8 Å². The summed E-state index contributed by atoms with van der Waals surface area (Å²) in [5, 5.41) is 0. The smallest absolute Gasteiger partial charge is 0.150 e. The monoisotopic (exact) mass is 190 g/mol. The quantitative estimate of drug-likeness (QED) is 0.672. The van der Waals surface area contributed by atoms with Crippen LogP contribution in [0.25, 0.3) is 0 Å². The fraction of sp³-hybridized carbons (Fsp3) is 0.333. The van der Waals surface area contributed by atoms with Gasteiger partial charge in [0.2, 0.25) is 0 Å². The summed E-state index contributed by atoms with van der Waals surface area (Å²) >= 11 is 0. The van der Waals surface area contributed by atoms with Crippen LogP contribution in [-0.4, -0.2) is 12.6 Å². The van der Waals surface area contributed by atoms with Crippen molar-refractivity contribution in [3.05, 3.63) is 34.9 Å². The van der Waals surface area contributed by atoms with Crippen LogP contribution in [0.5, 0.6) is 0 Å². The minimum Gasteiger partial charge on any atom is -0.298 e. The molecule has 1 aromatic carbocycles. The number of hydrogen-bond donors (Lipinski definition) is 0. The van der Waals surface area contributed by atoms with E-state index < -0.39 is 0 Å². The Labute approximate surface area is 83.9 Å². The minimum atomic E-state index is -0.116. The molecule has 0 spiro atoms. The molecule has 0 saturated heterocycles. The lowest BCUT2D eigenvalue weighted by molar-refractivity contribution is 0.111. The molecule has 14 heavy (non-hydrogen) atoms. The van der Waals surface area contributed by atoms with Crippen molar-refractivity contribution in [3.63, 3.8) is 0 Å². The average molecular weight is 190 g/mol. The van der Waals surface area contributed by atoms with Crippen molar-refractivity contribution >= 4 is 12.6 Å². The molecule has 0 aliphatic heterocycles. The van der Waals surface area contributed by atoms with E-state index in [0.29, 0.717) is 11.1 Å². The normalized spacial score (nSPS) is 11.1. The molecule has 0 aliphatic carbocycles. The first-order valence-electron chi connectivity index (χ1n) is 4.54. The maximum absolute atomic E-state index is 10.8. The molecule has 0 N–H and O–H groups in total. The second-order valence-corrected chi connectivity index (χ2v) is 4.33. The second-order valence-electron chi connectivity index (χ2n) is 4.33. The van der Waals surface area contributed by atoms with Gasteiger partial charge in [-0.3, -0.25) is 9.59 Å². The maximum Gasteiger partial charge on any atom is 0.150 e. The van der Waals surface area contributed by atoms with Gasteiger partial charge in [-0.2, -0.15) is 0 Å². The highest BCUT2D eigenvalue weighted by atomic mass is 16.1. The van der Waals surface area contributed by atoms with E-state index in [2.05, 4.69) is 0 Å². The molecule has 0 atom stereocenters. The molecule has 0 bridgehead atoms. The molecule has 0 unspecified atom stereocenters. The Morgan fingerprint density at radius 3 is 2.14 bits per heavy atom. The summed E-state index contributed by atoms with van der Waals surface area (Å²) in [5.41, 5.74) is 2.07. The van der Waals surface area contributed by atoms with Gasteiger partial charge in [-0.15, -0.1) is 0 Å². The van der Waals surface area contributed by atoms with Gasteiger partial charge in [0.05, 0.1) is 0 Å². The van der Waals surface area contributed by atoms with Crippen molar-refractivity contribution in [1.82, 2.24) is 0 Å². The summed E-state index contributed by atoms with van der Waals surface area (Å²) in [7, 11) is 0. The number of carbonyl (C=O) groups excluding carboxylic acids is 2. The number of rotatable bonds is 2. The maximum atomic E-state index is 10.8. The standard InChI is InChI=1S/C12H14O2/c1-12(2,3)11-6-9(7-13)4-5-10(11)8-14/h4-8H,1-3H3. The van der Waals surface area contributed by atoms with Crippen LogP contribution in [0.4, 0.5) is 0 Å². The number of carbonyl (C=O) groups is 2. The third-order valence-electron chi connectivity index (χ3n) is 2.15. The predicted octanol–water partition coefficient (Wildman–Crippen LogP) is 2.61. The van der Waals surface area contributed by atoms with E-state index >= 15 is 0 Å². The number of benzene rings is 1.